The number of carbonyl (C=O) groups excluding carboxylic acids is 1. The first kappa shape index (κ1) is 14.6. The van der Waals surface area contributed by atoms with Crippen molar-refractivity contribution in [2.24, 2.45) is 0 Å². The SMILES string of the molecule is COc1ccccc1C=CC(=O)NC(C)C1CCCO1. The van der Waals surface area contributed by atoms with Gasteiger partial charge in [0.1, 0.15) is 5.75 Å². The summed E-state index contributed by atoms with van der Waals surface area (Å²) in [5.74, 6) is 0.641. The van der Waals surface area contributed by atoms with E-state index >= 15 is 0 Å². The lowest BCUT2D eigenvalue weighted by molar-refractivity contribution is -0.117. The van der Waals surface area contributed by atoms with Crippen molar-refractivity contribution in [1.82, 2.24) is 5.32 Å². The normalized spacial score (nSPS) is 20.0. The monoisotopic (exact) mass is 275 g/mol. The zero-order valence-corrected chi connectivity index (χ0v) is 12.0. The van der Waals surface area contributed by atoms with Gasteiger partial charge in [-0.1, -0.05) is 18.2 Å². The number of ether oxygens (including phenoxy) is 2. The van der Waals surface area contributed by atoms with Gasteiger partial charge in [0, 0.05) is 18.2 Å². The van der Waals surface area contributed by atoms with Gasteiger partial charge in [-0.15, -0.1) is 0 Å². The average molecular weight is 275 g/mol. The van der Waals surface area contributed by atoms with Crippen LogP contribution in [0.1, 0.15) is 25.3 Å². The number of amides is 1. The van der Waals surface area contributed by atoms with Gasteiger partial charge < -0.3 is 14.8 Å². The van der Waals surface area contributed by atoms with Crippen molar-refractivity contribution in [1.29, 1.82) is 0 Å². The second-order valence-corrected chi connectivity index (χ2v) is 4.92. The number of hydrogen-bond acceptors (Lipinski definition) is 3. The summed E-state index contributed by atoms with van der Waals surface area (Å²) in [5.41, 5.74) is 0.884. The molecule has 20 heavy (non-hydrogen) atoms. The highest BCUT2D eigenvalue weighted by atomic mass is 16.5. The Kier molecular flexibility index (Phi) is 5.18. The summed E-state index contributed by atoms with van der Waals surface area (Å²) in [6, 6.07) is 7.62. The van der Waals surface area contributed by atoms with E-state index in [-0.39, 0.29) is 18.1 Å². The lowest BCUT2D eigenvalue weighted by Gasteiger charge is -2.18. The van der Waals surface area contributed by atoms with E-state index < -0.39 is 0 Å². The fourth-order valence-corrected chi connectivity index (χ4v) is 2.33. The summed E-state index contributed by atoms with van der Waals surface area (Å²) in [4.78, 5) is 11.9. The number of carbonyl (C=O) groups is 1. The zero-order valence-electron chi connectivity index (χ0n) is 12.0. The number of hydrogen-bond donors (Lipinski definition) is 1. The molecule has 2 atom stereocenters. The summed E-state index contributed by atoms with van der Waals surface area (Å²) in [6.45, 7) is 2.77. The highest BCUT2D eigenvalue weighted by Gasteiger charge is 2.22. The second kappa shape index (κ2) is 7.10. The third kappa shape index (κ3) is 3.84. The van der Waals surface area contributed by atoms with E-state index in [1.54, 1.807) is 13.2 Å². The Morgan fingerprint density at radius 1 is 1.50 bits per heavy atom. The maximum atomic E-state index is 11.9. The third-order valence-electron chi connectivity index (χ3n) is 3.45. The molecule has 1 heterocycles. The highest BCUT2D eigenvalue weighted by molar-refractivity contribution is 5.92. The molecule has 0 radical (unpaired) electrons. The molecule has 1 aliphatic rings. The molecule has 108 valence electrons. The van der Waals surface area contributed by atoms with Gasteiger partial charge in [0.05, 0.1) is 19.3 Å². The summed E-state index contributed by atoms with van der Waals surface area (Å²) in [5, 5.41) is 2.94. The van der Waals surface area contributed by atoms with Crippen molar-refractivity contribution in [3.05, 3.63) is 35.9 Å². The molecule has 1 aromatic rings. The lowest BCUT2D eigenvalue weighted by atomic mass is 10.1. The Bertz CT molecular complexity index is 478. The number of rotatable bonds is 5. The van der Waals surface area contributed by atoms with Crippen LogP contribution in [0.3, 0.4) is 0 Å². The largest absolute Gasteiger partial charge is 0.496 e. The van der Waals surface area contributed by atoms with Crippen LogP contribution >= 0.6 is 0 Å². The average Bonchev–Trinajstić information content (AvgIpc) is 2.99. The molecule has 1 N–H and O–H groups in total. The summed E-state index contributed by atoms with van der Waals surface area (Å²) in [7, 11) is 1.62. The molecule has 0 spiro atoms. The minimum atomic E-state index is -0.112. The topological polar surface area (TPSA) is 47.6 Å². The minimum Gasteiger partial charge on any atom is -0.496 e. The Balaban J connectivity index is 1.91. The fraction of sp³-hybridized carbons (Fsp3) is 0.438. The molecule has 0 bridgehead atoms. The standard InChI is InChI=1S/C16H21NO3/c1-12(14-8-5-11-20-14)17-16(18)10-9-13-6-3-4-7-15(13)19-2/h3-4,6-7,9-10,12,14H,5,8,11H2,1-2H3,(H,17,18). The van der Waals surface area contributed by atoms with Crippen LogP contribution in [0.15, 0.2) is 30.3 Å². The first-order chi connectivity index (χ1) is 9.70. The van der Waals surface area contributed by atoms with Crippen LogP contribution in [0.2, 0.25) is 0 Å². The van der Waals surface area contributed by atoms with Gasteiger partial charge in [0.25, 0.3) is 0 Å². The second-order valence-electron chi connectivity index (χ2n) is 4.92. The summed E-state index contributed by atoms with van der Waals surface area (Å²) in [6.07, 6.45) is 5.51. The van der Waals surface area contributed by atoms with Gasteiger partial charge in [0.2, 0.25) is 5.91 Å². The van der Waals surface area contributed by atoms with Crippen LogP contribution in [-0.4, -0.2) is 31.8 Å². The van der Waals surface area contributed by atoms with Gasteiger partial charge in [0.15, 0.2) is 0 Å². The molecule has 4 heteroatoms. The van der Waals surface area contributed by atoms with Gasteiger partial charge in [-0.05, 0) is 31.9 Å². The molecule has 1 aromatic carbocycles. The quantitative estimate of drug-likeness (QED) is 0.839. The molecule has 1 aliphatic heterocycles. The van der Waals surface area contributed by atoms with Crippen LogP contribution in [0.5, 0.6) is 5.75 Å². The number of benzene rings is 1. The lowest BCUT2D eigenvalue weighted by Crippen LogP contribution is -2.40. The molecule has 1 saturated heterocycles. The first-order valence-corrected chi connectivity index (χ1v) is 6.94. The number of methoxy groups -OCH3 is 1. The van der Waals surface area contributed by atoms with Gasteiger partial charge >= 0.3 is 0 Å². The Hall–Kier alpha value is -1.81. The van der Waals surface area contributed by atoms with Crippen molar-refractivity contribution >= 4 is 12.0 Å². The molecule has 2 unspecified atom stereocenters. The van der Waals surface area contributed by atoms with Crippen molar-refractivity contribution in [3.63, 3.8) is 0 Å². The first-order valence-electron chi connectivity index (χ1n) is 6.94. The van der Waals surface area contributed by atoms with E-state index in [4.69, 9.17) is 9.47 Å². The van der Waals surface area contributed by atoms with Crippen molar-refractivity contribution < 1.29 is 14.3 Å². The maximum Gasteiger partial charge on any atom is 0.244 e. The Labute approximate surface area is 119 Å². The van der Waals surface area contributed by atoms with E-state index in [1.807, 2.05) is 31.2 Å². The van der Waals surface area contributed by atoms with Gasteiger partial charge in [-0.3, -0.25) is 4.79 Å². The molecule has 1 fully saturated rings. The van der Waals surface area contributed by atoms with Crippen LogP contribution in [0.4, 0.5) is 0 Å². The molecular weight excluding hydrogens is 254 g/mol. The number of nitrogens with one attached hydrogen (secondary N) is 1. The molecule has 0 saturated carbocycles. The van der Waals surface area contributed by atoms with Gasteiger partial charge in [-0.2, -0.15) is 0 Å². The Morgan fingerprint density at radius 3 is 3.00 bits per heavy atom. The van der Waals surface area contributed by atoms with Crippen LogP contribution in [-0.2, 0) is 9.53 Å². The third-order valence-corrected chi connectivity index (χ3v) is 3.45. The molecule has 0 aromatic heterocycles. The van der Waals surface area contributed by atoms with Crippen molar-refractivity contribution in [2.75, 3.05) is 13.7 Å². The fourth-order valence-electron chi connectivity index (χ4n) is 2.33. The zero-order chi connectivity index (χ0) is 14.4. The van der Waals surface area contributed by atoms with E-state index in [1.165, 1.54) is 6.08 Å². The van der Waals surface area contributed by atoms with Gasteiger partial charge in [-0.25, -0.2) is 0 Å². The number of para-hydroxylation sites is 1. The van der Waals surface area contributed by atoms with Crippen molar-refractivity contribution in [2.45, 2.75) is 31.9 Å². The summed E-state index contributed by atoms with van der Waals surface area (Å²) >= 11 is 0. The van der Waals surface area contributed by atoms with E-state index in [0.717, 1.165) is 30.8 Å². The molecule has 2 rings (SSSR count). The maximum absolute atomic E-state index is 11.9. The van der Waals surface area contributed by atoms with Crippen molar-refractivity contribution in [3.8, 4) is 5.75 Å². The molecule has 4 nitrogen and oxygen atoms in total. The predicted octanol–water partition coefficient (Wildman–Crippen LogP) is 2.39. The highest BCUT2D eigenvalue weighted by Crippen LogP contribution is 2.18. The Morgan fingerprint density at radius 2 is 2.30 bits per heavy atom. The van der Waals surface area contributed by atoms with E-state index in [0.29, 0.717) is 0 Å². The van der Waals surface area contributed by atoms with E-state index in [9.17, 15) is 4.79 Å². The van der Waals surface area contributed by atoms with Crippen LogP contribution in [0, 0.1) is 0 Å². The summed E-state index contributed by atoms with van der Waals surface area (Å²) < 4.78 is 10.8. The molecule has 0 aliphatic carbocycles. The van der Waals surface area contributed by atoms with Crippen LogP contribution in [0.25, 0.3) is 6.08 Å². The van der Waals surface area contributed by atoms with E-state index in [2.05, 4.69) is 5.32 Å². The van der Waals surface area contributed by atoms with Crippen LogP contribution < -0.4 is 10.1 Å². The minimum absolute atomic E-state index is 0.0346. The molecular formula is C16H21NO3. The smallest absolute Gasteiger partial charge is 0.244 e. The molecule has 1 amide bonds. The predicted molar refractivity (Wildman–Crippen MR) is 78.6 cm³/mol.